The number of piperidine rings is 2. The summed E-state index contributed by atoms with van der Waals surface area (Å²) in [5.41, 5.74) is 1.01. The van der Waals surface area contributed by atoms with Gasteiger partial charge in [0.1, 0.15) is 11.3 Å². The fourth-order valence-corrected chi connectivity index (χ4v) is 4.87. The Morgan fingerprint density at radius 3 is 2.61 bits per heavy atom. The van der Waals surface area contributed by atoms with Gasteiger partial charge in [0, 0.05) is 36.6 Å². The predicted octanol–water partition coefficient (Wildman–Crippen LogP) is 1.39. The van der Waals surface area contributed by atoms with E-state index in [0.717, 1.165) is 18.9 Å². The van der Waals surface area contributed by atoms with Crippen LogP contribution < -0.4 is 5.32 Å². The van der Waals surface area contributed by atoms with Crippen LogP contribution in [0.3, 0.4) is 0 Å². The second-order valence-electron chi connectivity index (χ2n) is 7.17. The molecule has 0 radical (unpaired) electrons. The number of rotatable bonds is 2. The number of nitrogens with zero attached hydrogens (tertiary/aromatic N) is 3. The third kappa shape index (κ3) is 1.78. The van der Waals surface area contributed by atoms with Crippen LogP contribution in [0.4, 0.5) is 0 Å². The molecule has 120 valence electrons. The number of phenolic OH excluding ortho intramolecular Hbond substituents is 1. The summed E-state index contributed by atoms with van der Waals surface area (Å²) in [5, 5.41) is 18.2. The van der Waals surface area contributed by atoms with Crippen molar-refractivity contribution in [3.05, 3.63) is 23.9 Å². The van der Waals surface area contributed by atoms with Crippen LogP contribution in [0.1, 0.15) is 36.2 Å². The van der Waals surface area contributed by atoms with Gasteiger partial charge in [-0.1, -0.05) is 12.1 Å². The monoisotopic (exact) mass is 312 g/mol. The molecule has 1 amide bonds. The number of carbonyl (C=O) groups is 1. The Hall–Kier alpha value is -2.08. The van der Waals surface area contributed by atoms with Crippen LogP contribution in [0.2, 0.25) is 0 Å². The molecule has 2 atom stereocenters. The molecule has 1 aromatic heterocycles. The molecule has 0 aliphatic carbocycles. The molecule has 6 nitrogen and oxygen atoms in total. The molecular weight excluding hydrogens is 292 g/mol. The molecule has 4 heterocycles. The van der Waals surface area contributed by atoms with Crippen molar-refractivity contribution in [3.8, 4) is 5.75 Å². The van der Waals surface area contributed by atoms with Crippen molar-refractivity contribution in [2.24, 2.45) is 7.05 Å². The van der Waals surface area contributed by atoms with E-state index in [9.17, 15) is 9.90 Å². The number of fused-ring (bicyclic) bond motifs is 1. The van der Waals surface area contributed by atoms with Crippen LogP contribution >= 0.6 is 0 Å². The SMILES string of the molecule is Cn1nc(C(=O)NC2CC3CC4CC(C2)N34)c2cccc(O)c21. The lowest BCUT2D eigenvalue weighted by molar-refractivity contribution is -0.150. The van der Waals surface area contributed by atoms with Crippen molar-refractivity contribution in [2.45, 2.75) is 49.9 Å². The first kappa shape index (κ1) is 13.4. The number of hydrogen-bond donors (Lipinski definition) is 2. The molecule has 6 heteroatoms. The van der Waals surface area contributed by atoms with E-state index < -0.39 is 0 Å². The van der Waals surface area contributed by atoms with E-state index in [0.29, 0.717) is 28.7 Å². The highest BCUT2D eigenvalue weighted by Gasteiger charge is 2.55. The average Bonchev–Trinajstić information content (AvgIpc) is 2.81. The van der Waals surface area contributed by atoms with E-state index in [1.54, 1.807) is 23.9 Å². The molecular formula is C17H20N4O2. The van der Waals surface area contributed by atoms with Crippen LogP contribution in [0.25, 0.3) is 10.9 Å². The Morgan fingerprint density at radius 1 is 1.22 bits per heavy atom. The fourth-order valence-electron chi connectivity index (χ4n) is 4.87. The standard InChI is InChI=1S/C17H20N4O2/c1-20-16-13(3-2-4-14(16)22)15(19-20)17(23)18-9-5-10-7-12-8-11(6-9)21(10)12/h2-4,9-12,22H,5-8H2,1H3,(H,18,23). The van der Waals surface area contributed by atoms with Gasteiger partial charge < -0.3 is 10.4 Å². The number of aromatic nitrogens is 2. The van der Waals surface area contributed by atoms with Crippen LogP contribution in [0.5, 0.6) is 5.75 Å². The number of aromatic hydroxyl groups is 1. The zero-order chi connectivity index (χ0) is 15.7. The van der Waals surface area contributed by atoms with Gasteiger partial charge in [-0.15, -0.1) is 0 Å². The number of amides is 1. The lowest BCUT2D eigenvalue weighted by atomic mass is 9.68. The summed E-state index contributed by atoms with van der Waals surface area (Å²) in [4.78, 5) is 15.3. The minimum Gasteiger partial charge on any atom is -0.506 e. The highest BCUT2D eigenvalue weighted by Crippen LogP contribution is 2.48. The summed E-state index contributed by atoms with van der Waals surface area (Å²) in [6.07, 6.45) is 4.69. The number of carbonyl (C=O) groups excluding carboxylic acids is 1. The van der Waals surface area contributed by atoms with Gasteiger partial charge in [0.2, 0.25) is 0 Å². The maximum Gasteiger partial charge on any atom is 0.272 e. The molecule has 2 N–H and O–H groups in total. The normalized spacial score (nSPS) is 32.0. The molecule has 1 aromatic carbocycles. The van der Waals surface area contributed by atoms with E-state index in [1.807, 2.05) is 6.07 Å². The fraction of sp³-hybridized carbons (Fsp3) is 0.529. The molecule has 3 aliphatic heterocycles. The summed E-state index contributed by atoms with van der Waals surface area (Å²) in [6, 6.07) is 7.61. The topological polar surface area (TPSA) is 70.4 Å². The highest BCUT2D eigenvalue weighted by atomic mass is 16.3. The van der Waals surface area contributed by atoms with Gasteiger partial charge in [-0.3, -0.25) is 14.4 Å². The molecule has 3 aliphatic rings. The van der Waals surface area contributed by atoms with Gasteiger partial charge in [-0.25, -0.2) is 0 Å². The van der Waals surface area contributed by atoms with Gasteiger partial charge >= 0.3 is 0 Å². The van der Waals surface area contributed by atoms with Gasteiger partial charge in [0.05, 0.1) is 0 Å². The van der Waals surface area contributed by atoms with Crippen molar-refractivity contribution in [1.82, 2.24) is 20.0 Å². The molecule has 5 rings (SSSR count). The van der Waals surface area contributed by atoms with E-state index in [2.05, 4.69) is 15.3 Å². The molecule has 0 saturated carbocycles. The lowest BCUT2D eigenvalue weighted by Crippen LogP contribution is -2.74. The van der Waals surface area contributed by atoms with Crippen molar-refractivity contribution in [2.75, 3.05) is 0 Å². The Kier molecular flexibility index (Phi) is 2.60. The zero-order valence-electron chi connectivity index (χ0n) is 13.1. The third-order valence-corrected chi connectivity index (χ3v) is 5.86. The largest absolute Gasteiger partial charge is 0.506 e. The van der Waals surface area contributed by atoms with Gasteiger partial charge in [-0.05, 0) is 31.7 Å². The quantitative estimate of drug-likeness (QED) is 0.879. The van der Waals surface area contributed by atoms with Gasteiger partial charge in [-0.2, -0.15) is 5.10 Å². The smallest absolute Gasteiger partial charge is 0.272 e. The summed E-state index contributed by atoms with van der Waals surface area (Å²) < 4.78 is 1.57. The van der Waals surface area contributed by atoms with Crippen molar-refractivity contribution in [3.63, 3.8) is 0 Å². The molecule has 2 unspecified atom stereocenters. The van der Waals surface area contributed by atoms with E-state index in [-0.39, 0.29) is 17.7 Å². The number of aryl methyl sites for hydroxylation is 1. The first-order chi connectivity index (χ1) is 11.1. The number of para-hydroxylation sites is 1. The Bertz CT molecular complexity index is 798. The number of nitrogens with one attached hydrogen (secondary N) is 1. The first-order valence-corrected chi connectivity index (χ1v) is 8.35. The number of hydrogen-bond acceptors (Lipinski definition) is 4. The van der Waals surface area contributed by atoms with Crippen LogP contribution in [-0.4, -0.2) is 49.9 Å². The summed E-state index contributed by atoms with van der Waals surface area (Å²) >= 11 is 0. The van der Waals surface area contributed by atoms with Gasteiger partial charge in [0.15, 0.2) is 5.69 Å². The maximum absolute atomic E-state index is 12.7. The van der Waals surface area contributed by atoms with E-state index in [1.165, 1.54) is 12.8 Å². The molecule has 0 spiro atoms. The number of phenols is 1. The van der Waals surface area contributed by atoms with Gasteiger partial charge in [0.25, 0.3) is 5.91 Å². The zero-order valence-corrected chi connectivity index (χ0v) is 13.1. The third-order valence-electron chi connectivity index (χ3n) is 5.86. The maximum atomic E-state index is 12.7. The van der Waals surface area contributed by atoms with E-state index in [4.69, 9.17) is 0 Å². The van der Waals surface area contributed by atoms with E-state index >= 15 is 0 Å². The summed E-state index contributed by atoms with van der Waals surface area (Å²) in [6.45, 7) is 0. The van der Waals surface area contributed by atoms with Crippen LogP contribution in [0.15, 0.2) is 18.2 Å². The molecule has 2 aromatic rings. The Morgan fingerprint density at radius 2 is 1.91 bits per heavy atom. The van der Waals surface area contributed by atoms with Crippen molar-refractivity contribution in [1.29, 1.82) is 0 Å². The second kappa shape index (κ2) is 4.47. The highest BCUT2D eigenvalue weighted by molar-refractivity contribution is 6.06. The average molecular weight is 312 g/mol. The van der Waals surface area contributed by atoms with Crippen molar-refractivity contribution >= 4 is 16.8 Å². The summed E-state index contributed by atoms with van der Waals surface area (Å²) in [5.74, 6) is 0.0229. The lowest BCUT2D eigenvalue weighted by Gasteiger charge is -2.66. The van der Waals surface area contributed by atoms with Crippen molar-refractivity contribution < 1.29 is 9.90 Å². The molecule has 3 fully saturated rings. The Balaban J connectivity index is 1.40. The molecule has 0 bridgehead atoms. The summed E-state index contributed by atoms with van der Waals surface area (Å²) in [7, 11) is 1.75. The molecule has 23 heavy (non-hydrogen) atoms. The molecule has 3 saturated heterocycles. The minimum atomic E-state index is -0.130. The number of benzene rings is 1. The first-order valence-electron chi connectivity index (χ1n) is 8.35. The van der Waals surface area contributed by atoms with Crippen LogP contribution in [-0.2, 0) is 7.05 Å². The predicted molar refractivity (Wildman–Crippen MR) is 85.3 cm³/mol. The van der Waals surface area contributed by atoms with Crippen LogP contribution in [0, 0.1) is 0 Å². The Labute approximate surface area is 134 Å². The minimum absolute atomic E-state index is 0.130. The second-order valence-corrected chi connectivity index (χ2v) is 7.17.